The summed E-state index contributed by atoms with van der Waals surface area (Å²) in [5.74, 6) is -0.593. The summed E-state index contributed by atoms with van der Waals surface area (Å²) in [4.78, 5) is 17.7. The Morgan fingerprint density at radius 3 is 2.55 bits per heavy atom. The second-order valence-corrected chi connectivity index (χ2v) is 7.94. The van der Waals surface area contributed by atoms with E-state index in [9.17, 15) is 15.0 Å². The molecule has 3 aromatic carbocycles. The summed E-state index contributed by atoms with van der Waals surface area (Å²) in [6, 6.07) is 19.3. The minimum Gasteiger partial charge on any atom is -0.508 e. The van der Waals surface area contributed by atoms with Crippen molar-refractivity contribution in [2.75, 3.05) is 0 Å². The van der Waals surface area contributed by atoms with Gasteiger partial charge in [0.05, 0.1) is 23.0 Å². The third kappa shape index (κ3) is 4.57. The van der Waals surface area contributed by atoms with Gasteiger partial charge in [0.25, 0.3) is 5.91 Å². The van der Waals surface area contributed by atoms with Gasteiger partial charge in [0, 0.05) is 27.1 Å². The summed E-state index contributed by atoms with van der Waals surface area (Å²) >= 11 is 3.43. The lowest BCUT2D eigenvalue weighted by Gasteiger charge is -2.10. The number of rotatable bonds is 4. The first kappa shape index (κ1) is 20.6. The summed E-state index contributed by atoms with van der Waals surface area (Å²) in [5.41, 5.74) is 6.60. The third-order valence-corrected chi connectivity index (χ3v) is 5.26. The number of carbonyl (C=O) groups excluding carboxylic acids is 1. The Labute approximate surface area is 187 Å². The van der Waals surface area contributed by atoms with E-state index in [0.717, 1.165) is 21.0 Å². The van der Waals surface area contributed by atoms with Crippen molar-refractivity contribution in [1.29, 1.82) is 0 Å². The molecular weight excluding hydrogens is 458 g/mol. The number of nitrogens with zero attached hydrogens (tertiary/aromatic N) is 2. The van der Waals surface area contributed by atoms with Crippen molar-refractivity contribution in [2.45, 2.75) is 6.92 Å². The largest absolute Gasteiger partial charge is 0.508 e. The monoisotopic (exact) mass is 475 g/mol. The normalized spacial score (nSPS) is 11.2. The number of pyridine rings is 1. The van der Waals surface area contributed by atoms with Crippen LogP contribution in [-0.4, -0.2) is 27.3 Å². The zero-order valence-corrected chi connectivity index (χ0v) is 18.1. The molecule has 1 heterocycles. The van der Waals surface area contributed by atoms with Crippen LogP contribution in [0.2, 0.25) is 0 Å². The number of aromatic nitrogens is 1. The van der Waals surface area contributed by atoms with Gasteiger partial charge in [-0.1, -0.05) is 39.7 Å². The smallest absolute Gasteiger partial charge is 0.272 e. The molecule has 0 saturated carbocycles. The van der Waals surface area contributed by atoms with Gasteiger partial charge in [0.1, 0.15) is 11.5 Å². The number of nitrogens with one attached hydrogen (secondary N) is 1. The lowest BCUT2D eigenvalue weighted by molar-refractivity contribution is 0.0956. The van der Waals surface area contributed by atoms with Gasteiger partial charge in [0.15, 0.2) is 0 Å². The molecule has 3 N–H and O–H groups in total. The van der Waals surface area contributed by atoms with E-state index >= 15 is 0 Å². The lowest BCUT2D eigenvalue weighted by atomic mass is 10.0. The van der Waals surface area contributed by atoms with E-state index in [4.69, 9.17) is 4.98 Å². The number of hydrogen-bond acceptors (Lipinski definition) is 5. The Balaban J connectivity index is 1.70. The molecule has 0 unspecified atom stereocenters. The molecule has 4 rings (SSSR count). The van der Waals surface area contributed by atoms with E-state index in [2.05, 4.69) is 26.5 Å². The molecule has 0 atom stereocenters. The van der Waals surface area contributed by atoms with E-state index < -0.39 is 5.91 Å². The number of benzene rings is 3. The van der Waals surface area contributed by atoms with E-state index in [1.807, 2.05) is 49.4 Å². The van der Waals surface area contributed by atoms with Crippen molar-refractivity contribution in [2.24, 2.45) is 5.10 Å². The molecule has 0 spiro atoms. The minimum absolute atomic E-state index is 0.0576. The second-order valence-electron chi connectivity index (χ2n) is 7.02. The number of amides is 1. The predicted molar refractivity (Wildman–Crippen MR) is 124 cm³/mol. The Morgan fingerprint density at radius 1 is 1.03 bits per heavy atom. The van der Waals surface area contributed by atoms with Crippen molar-refractivity contribution in [1.82, 2.24) is 10.4 Å². The third-order valence-electron chi connectivity index (χ3n) is 4.73. The van der Waals surface area contributed by atoms with Crippen LogP contribution < -0.4 is 5.43 Å². The predicted octanol–water partition coefficient (Wildman–Crippen LogP) is 5.15. The highest BCUT2D eigenvalue weighted by molar-refractivity contribution is 9.10. The highest BCUT2D eigenvalue weighted by Gasteiger charge is 2.14. The van der Waals surface area contributed by atoms with Crippen LogP contribution >= 0.6 is 15.9 Å². The van der Waals surface area contributed by atoms with Crippen LogP contribution in [0.15, 0.2) is 76.3 Å². The van der Waals surface area contributed by atoms with Gasteiger partial charge in [-0.2, -0.15) is 5.10 Å². The van der Waals surface area contributed by atoms with E-state index in [0.29, 0.717) is 22.3 Å². The van der Waals surface area contributed by atoms with Crippen LogP contribution in [0.25, 0.3) is 22.2 Å². The van der Waals surface area contributed by atoms with Crippen LogP contribution in [0.1, 0.15) is 21.5 Å². The maximum absolute atomic E-state index is 13.0. The minimum atomic E-state index is -0.397. The van der Waals surface area contributed by atoms with Crippen LogP contribution in [0.3, 0.4) is 0 Å². The van der Waals surface area contributed by atoms with Gasteiger partial charge in [-0.3, -0.25) is 4.79 Å². The van der Waals surface area contributed by atoms with Gasteiger partial charge < -0.3 is 10.2 Å². The Morgan fingerprint density at radius 2 is 1.81 bits per heavy atom. The summed E-state index contributed by atoms with van der Waals surface area (Å²) in [5, 5.41) is 23.9. The number of hydrazone groups is 1. The lowest BCUT2D eigenvalue weighted by Crippen LogP contribution is -2.18. The van der Waals surface area contributed by atoms with Gasteiger partial charge >= 0.3 is 0 Å². The molecule has 0 aliphatic carbocycles. The topological polar surface area (TPSA) is 94.8 Å². The fraction of sp³-hybridized carbons (Fsp3) is 0.0417. The first-order chi connectivity index (χ1) is 14.9. The summed E-state index contributed by atoms with van der Waals surface area (Å²) in [6.45, 7) is 1.95. The average Bonchev–Trinajstić information content (AvgIpc) is 2.75. The highest BCUT2D eigenvalue weighted by Crippen LogP contribution is 2.27. The number of aromatic hydroxyl groups is 2. The molecule has 6 nitrogen and oxygen atoms in total. The van der Waals surface area contributed by atoms with E-state index in [1.54, 1.807) is 6.07 Å². The van der Waals surface area contributed by atoms with Crippen molar-refractivity contribution in [3.8, 4) is 22.8 Å². The molecule has 4 aromatic rings. The van der Waals surface area contributed by atoms with Crippen molar-refractivity contribution >= 4 is 39.0 Å². The Bertz CT molecular complexity index is 1320. The van der Waals surface area contributed by atoms with Crippen LogP contribution in [-0.2, 0) is 0 Å². The maximum atomic E-state index is 13.0. The van der Waals surface area contributed by atoms with Gasteiger partial charge in [-0.05, 0) is 49.4 Å². The summed E-state index contributed by atoms with van der Waals surface area (Å²) < 4.78 is 0.956. The molecule has 0 aliphatic heterocycles. The van der Waals surface area contributed by atoms with Crippen LogP contribution in [0, 0.1) is 6.92 Å². The van der Waals surface area contributed by atoms with Crippen molar-refractivity contribution in [3.05, 3.63) is 87.9 Å². The van der Waals surface area contributed by atoms with Gasteiger partial charge in [-0.25, -0.2) is 10.4 Å². The number of carbonyl (C=O) groups is 1. The first-order valence-electron chi connectivity index (χ1n) is 9.43. The molecule has 0 radical (unpaired) electrons. The fourth-order valence-corrected chi connectivity index (χ4v) is 3.42. The van der Waals surface area contributed by atoms with Crippen molar-refractivity contribution < 1.29 is 15.0 Å². The zero-order valence-electron chi connectivity index (χ0n) is 16.5. The summed E-state index contributed by atoms with van der Waals surface area (Å²) in [6.07, 6.45) is 1.32. The molecule has 154 valence electrons. The number of halogens is 1. The molecule has 0 saturated heterocycles. The fourth-order valence-electron chi connectivity index (χ4n) is 3.16. The number of fused-ring (bicyclic) bond motifs is 1. The Hall–Kier alpha value is -3.71. The number of phenolic OH excluding ortho intramolecular Hbond substituents is 2. The van der Waals surface area contributed by atoms with E-state index in [1.165, 1.54) is 24.4 Å². The molecule has 31 heavy (non-hydrogen) atoms. The van der Waals surface area contributed by atoms with E-state index in [-0.39, 0.29) is 11.5 Å². The molecule has 7 heteroatoms. The first-order valence-corrected chi connectivity index (χ1v) is 10.2. The highest BCUT2D eigenvalue weighted by atomic mass is 79.9. The molecule has 1 aromatic heterocycles. The SMILES string of the molecule is Cc1ccc2nc(-c3ccc(Br)cc3)cc(C(=O)N/N=C/c3ccc(O)cc3O)c2c1. The number of phenols is 2. The number of hydrogen-bond donors (Lipinski definition) is 3. The maximum Gasteiger partial charge on any atom is 0.272 e. The number of aryl methyl sites for hydroxylation is 1. The molecule has 0 fully saturated rings. The Kier molecular flexibility index (Phi) is 5.68. The van der Waals surface area contributed by atoms with Crippen LogP contribution in [0.5, 0.6) is 11.5 Å². The molecular formula is C24H18BrN3O3. The van der Waals surface area contributed by atoms with Gasteiger partial charge in [-0.15, -0.1) is 0 Å². The second kappa shape index (κ2) is 8.57. The van der Waals surface area contributed by atoms with Crippen LogP contribution in [0.4, 0.5) is 0 Å². The molecule has 0 aliphatic rings. The standard InChI is InChI=1S/C24H18BrN3O3/c1-14-2-9-21-19(10-14)20(12-22(27-21)15-3-6-17(25)7-4-15)24(31)28-26-13-16-5-8-18(29)11-23(16)30/h2-13,29-30H,1H3,(H,28,31)/b26-13+. The van der Waals surface area contributed by atoms with Crippen molar-refractivity contribution in [3.63, 3.8) is 0 Å². The average molecular weight is 476 g/mol. The molecule has 0 bridgehead atoms. The van der Waals surface area contributed by atoms with Gasteiger partial charge in [0.2, 0.25) is 0 Å². The summed E-state index contributed by atoms with van der Waals surface area (Å²) in [7, 11) is 0. The zero-order chi connectivity index (χ0) is 22.0. The molecule has 1 amide bonds. The quantitative estimate of drug-likeness (QED) is 0.281.